The molecule has 1 aliphatic rings. The van der Waals surface area contributed by atoms with E-state index < -0.39 is 0 Å². The van der Waals surface area contributed by atoms with Gasteiger partial charge >= 0.3 is 0 Å². The lowest BCUT2D eigenvalue weighted by atomic mass is 10.1. The Kier molecular flexibility index (Phi) is 23.0. The quantitative estimate of drug-likeness (QED) is 0.143. The van der Waals surface area contributed by atoms with E-state index in [-0.39, 0.29) is 0 Å². The summed E-state index contributed by atoms with van der Waals surface area (Å²) in [6, 6.07) is 0. The number of hydrogen-bond acceptors (Lipinski definition) is 8. The van der Waals surface area contributed by atoms with Gasteiger partial charge in [0.2, 0.25) is 0 Å². The zero-order valence-corrected chi connectivity index (χ0v) is 25.8. The zero-order chi connectivity index (χ0) is 27.7. The molecular weight excluding hydrogens is 472 g/mol. The molecule has 0 aromatic carbocycles. The first-order chi connectivity index (χ1) is 18.5. The highest BCUT2D eigenvalue weighted by molar-refractivity contribution is 5.10. The highest BCUT2D eigenvalue weighted by Crippen LogP contribution is 2.09. The first-order valence-corrected chi connectivity index (χ1v) is 15.5. The molecular formula is C30H64N8. The molecule has 0 atom stereocenters. The van der Waals surface area contributed by atoms with Crippen LogP contribution in [0, 0.1) is 0 Å². The molecule has 38 heavy (non-hydrogen) atoms. The van der Waals surface area contributed by atoms with E-state index in [4.69, 9.17) is 0 Å². The van der Waals surface area contributed by atoms with E-state index in [9.17, 15) is 0 Å². The van der Waals surface area contributed by atoms with Gasteiger partial charge in [-0.3, -0.25) is 4.90 Å². The lowest BCUT2D eigenvalue weighted by molar-refractivity contribution is 0.287. The molecule has 0 aliphatic carbocycles. The summed E-state index contributed by atoms with van der Waals surface area (Å²) in [7, 11) is 4.24. The van der Waals surface area contributed by atoms with Crippen LogP contribution in [0.3, 0.4) is 0 Å². The molecule has 1 saturated heterocycles. The van der Waals surface area contributed by atoms with Crippen LogP contribution in [0.2, 0.25) is 0 Å². The predicted molar refractivity (Wildman–Crippen MR) is 167 cm³/mol. The number of hydrogen-bond donors (Lipinski definition) is 5. The van der Waals surface area contributed by atoms with Gasteiger partial charge in [0.05, 0.1) is 0 Å². The summed E-state index contributed by atoms with van der Waals surface area (Å²) in [5.41, 5.74) is 2.93. The smallest absolute Gasteiger partial charge is 0.0297 e. The van der Waals surface area contributed by atoms with E-state index in [2.05, 4.69) is 81.4 Å². The van der Waals surface area contributed by atoms with Gasteiger partial charge < -0.3 is 36.4 Å². The lowest BCUT2D eigenvalue weighted by Crippen LogP contribution is -2.35. The van der Waals surface area contributed by atoms with E-state index in [0.717, 1.165) is 105 Å². The molecule has 8 nitrogen and oxygen atoms in total. The predicted octanol–water partition coefficient (Wildman–Crippen LogP) is 1.93. The molecule has 0 amide bonds. The van der Waals surface area contributed by atoms with Crippen molar-refractivity contribution in [3.05, 3.63) is 23.4 Å². The topological polar surface area (TPSA) is 69.9 Å². The van der Waals surface area contributed by atoms with Crippen LogP contribution in [0.15, 0.2) is 23.4 Å². The third kappa shape index (κ3) is 20.9. The van der Waals surface area contributed by atoms with Gasteiger partial charge in [0, 0.05) is 52.4 Å². The van der Waals surface area contributed by atoms with E-state index in [1.54, 1.807) is 0 Å². The minimum Gasteiger partial charge on any atom is -0.376 e. The maximum atomic E-state index is 3.66. The zero-order valence-electron chi connectivity index (χ0n) is 25.8. The molecule has 5 N–H and O–H groups in total. The van der Waals surface area contributed by atoms with E-state index in [0.29, 0.717) is 0 Å². The standard InChI is InChI=1S/C30H64N8/c1-6-36(5)22-9-16-35-21-26-37(23-8-13-31-4)27-29(2)11-12-30(3)28-38-24-10-17-33-19-18-32-14-7-15-34-20-25-38/h11,28,31-35H,6-10,12-27H2,1-5H3/b29-11+,30-28-. The Labute approximate surface area is 236 Å². The molecule has 0 spiro atoms. The van der Waals surface area contributed by atoms with Gasteiger partial charge in [-0.2, -0.15) is 0 Å². The van der Waals surface area contributed by atoms with Crippen molar-refractivity contribution < 1.29 is 0 Å². The first kappa shape index (κ1) is 35.0. The van der Waals surface area contributed by atoms with Gasteiger partial charge in [0.25, 0.3) is 0 Å². The fraction of sp³-hybridized carbons (Fsp3) is 0.867. The molecule has 1 fully saturated rings. The Morgan fingerprint density at radius 2 is 1.53 bits per heavy atom. The van der Waals surface area contributed by atoms with Crippen molar-refractivity contribution in [3.8, 4) is 0 Å². The van der Waals surface area contributed by atoms with Crippen molar-refractivity contribution in [3.63, 3.8) is 0 Å². The Morgan fingerprint density at radius 1 is 0.816 bits per heavy atom. The highest BCUT2D eigenvalue weighted by Gasteiger charge is 2.07. The van der Waals surface area contributed by atoms with Crippen molar-refractivity contribution in [1.29, 1.82) is 0 Å². The van der Waals surface area contributed by atoms with Crippen LogP contribution in [0.1, 0.15) is 52.9 Å². The number of rotatable bonds is 17. The normalized spacial score (nSPS) is 17.8. The van der Waals surface area contributed by atoms with Crippen molar-refractivity contribution >= 4 is 0 Å². The second-order valence-corrected chi connectivity index (χ2v) is 11.0. The molecule has 8 heteroatoms. The monoisotopic (exact) mass is 537 g/mol. The molecule has 0 bridgehead atoms. The Bertz CT molecular complexity index is 581. The highest BCUT2D eigenvalue weighted by atomic mass is 15.1. The second kappa shape index (κ2) is 25.0. The van der Waals surface area contributed by atoms with Crippen LogP contribution in [0.25, 0.3) is 0 Å². The Balaban J connectivity index is 2.50. The van der Waals surface area contributed by atoms with Gasteiger partial charge in [0.1, 0.15) is 0 Å². The summed E-state index contributed by atoms with van der Waals surface area (Å²) in [4.78, 5) is 7.51. The fourth-order valence-corrected chi connectivity index (χ4v) is 4.62. The minimum absolute atomic E-state index is 1.03. The maximum absolute atomic E-state index is 3.66. The van der Waals surface area contributed by atoms with Crippen LogP contribution in [0.5, 0.6) is 0 Å². The third-order valence-electron chi connectivity index (χ3n) is 7.15. The maximum Gasteiger partial charge on any atom is 0.0297 e. The third-order valence-corrected chi connectivity index (χ3v) is 7.15. The van der Waals surface area contributed by atoms with Crippen LogP contribution >= 0.6 is 0 Å². The summed E-state index contributed by atoms with van der Waals surface area (Å²) >= 11 is 0. The first-order valence-electron chi connectivity index (χ1n) is 15.5. The fourth-order valence-electron chi connectivity index (χ4n) is 4.62. The van der Waals surface area contributed by atoms with Gasteiger partial charge in [-0.1, -0.05) is 24.1 Å². The van der Waals surface area contributed by atoms with Crippen molar-refractivity contribution in [2.24, 2.45) is 0 Å². The summed E-state index contributed by atoms with van der Waals surface area (Å²) in [6.45, 7) is 24.3. The van der Waals surface area contributed by atoms with Gasteiger partial charge in [-0.15, -0.1) is 0 Å². The molecule has 224 valence electrons. The van der Waals surface area contributed by atoms with Crippen LogP contribution < -0.4 is 26.6 Å². The summed E-state index contributed by atoms with van der Waals surface area (Å²) in [5, 5.41) is 17.6. The lowest BCUT2D eigenvalue weighted by Gasteiger charge is -2.24. The van der Waals surface area contributed by atoms with Crippen molar-refractivity contribution in [2.45, 2.75) is 52.9 Å². The summed E-state index contributed by atoms with van der Waals surface area (Å²) in [5.74, 6) is 0. The molecule has 1 rings (SSSR count). The van der Waals surface area contributed by atoms with Crippen molar-refractivity contribution in [1.82, 2.24) is 41.3 Å². The largest absolute Gasteiger partial charge is 0.376 e. The van der Waals surface area contributed by atoms with Gasteiger partial charge in [0.15, 0.2) is 0 Å². The molecule has 1 aliphatic heterocycles. The molecule has 0 radical (unpaired) electrons. The van der Waals surface area contributed by atoms with Gasteiger partial charge in [-0.05, 0) is 119 Å². The number of nitrogens with zero attached hydrogens (tertiary/aromatic N) is 3. The number of nitrogens with one attached hydrogen (secondary N) is 5. The van der Waals surface area contributed by atoms with Crippen molar-refractivity contribution in [2.75, 3.05) is 119 Å². The van der Waals surface area contributed by atoms with Crippen LogP contribution in [-0.2, 0) is 0 Å². The van der Waals surface area contributed by atoms with Crippen LogP contribution in [-0.4, -0.2) is 134 Å². The Morgan fingerprint density at radius 3 is 2.26 bits per heavy atom. The average Bonchev–Trinajstić information content (AvgIpc) is 2.91. The molecule has 1 heterocycles. The summed E-state index contributed by atoms with van der Waals surface area (Å²) < 4.78 is 0. The SMILES string of the molecule is CCN(C)CCCNCCN(CCCNC)C/C(C)=C/C/C(C)=C\N1CCCNCCNCCCNCC1. The molecule has 0 aromatic heterocycles. The second-order valence-electron chi connectivity index (χ2n) is 11.0. The summed E-state index contributed by atoms with van der Waals surface area (Å²) in [6.07, 6.45) is 10.7. The van der Waals surface area contributed by atoms with E-state index >= 15 is 0 Å². The Hall–Kier alpha value is -1.00. The van der Waals surface area contributed by atoms with E-state index in [1.807, 2.05) is 7.05 Å². The molecule has 0 unspecified atom stereocenters. The molecule has 0 saturated carbocycles. The van der Waals surface area contributed by atoms with E-state index in [1.165, 1.54) is 43.4 Å². The average molecular weight is 537 g/mol. The van der Waals surface area contributed by atoms with Gasteiger partial charge in [-0.25, -0.2) is 0 Å². The molecule has 0 aromatic rings. The minimum atomic E-state index is 1.03. The van der Waals surface area contributed by atoms with Crippen LogP contribution in [0.4, 0.5) is 0 Å². The number of allylic oxidation sites excluding steroid dienone is 2.